The average Bonchev–Trinajstić information content (AvgIpc) is 3.61. The fraction of sp³-hybridized carbons (Fsp3) is 0.957. The van der Waals surface area contributed by atoms with Gasteiger partial charge in [0.15, 0.2) is 6.17 Å². The molecule has 2 N–H and O–H groups in total. The van der Waals surface area contributed by atoms with Gasteiger partial charge in [0.25, 0.3) is 0 Å². The summed E-state index contributed by atoms with van der Waals surface area (Å²) in [6, 6.07) is 0. The second-order valence-electron chi connectivity index (χ2n) is 16.7. The van der Waals surface area contributed by atoms with Crippen LogP contribution in [0.15, 0.2) is 0 Å². The van der Waals surface area contributed by atoms with Gasteiger partial charge >= 0.3 is 0 Å². The lowest BCUT2D eigenvalue weighted by atomic mass is 10.0. The number of amidine groups is 1. The lowest BCUT2D eigenvalue weighted by Gasteiger charge is -2.15. The summed E-state index contributed by atoms with van der Waals surface area (Å²) in [7, 11) is 0. The van der Waals surface area contributed by atoms with Crippen LogP contribution in [0.5, 0.6) is 0 Å². The summed E-state index contributed by atoms with van der Waals surface area (Å²) in [4.78, 5) is 12.7. The summed E-state index contributed by atoms with van der Waals surface area (Å²) in [5, 5.41) is 6.91. The van der Waals surface area contributed by atoms with E-state index in [-0.39, 0.29) is 12.1 Å². The minimum atomic E-state index is 0.0957. The van der Waals surface area contributed by atoms with Crippen molar-refractivity contribution in [1.82, 2.24) is 10.6 Å². The van der Waals surface area contributed by atoms with Crippen molar-refractivity contribution in [1.29, 1.82) is 0 Å². The molecular formula is C47H94N3O+. The molecule has 0 saturated heterocycles. The second kappa shape index (κ2) is 38.7. The van der Waals surface area contributed by atoms with Crippen molar-refractivity contribution >= 4 is 11.7 Å². The molecule has 1 rings (SSSR count). The Labute approximate surface area is 321 Å². The lowest BCUT2D eigenvalue weighted by Crippen LogP contribution is -2.42. The standard InChI is InChI=1S/C47H93N3O/c1-4-6-8-10-12-14-16-18-20-22-23-24-26-27-29-31-33-35-37-39-41-46-48-43-44-50(46)45(3)49-47(51)42-40-38-36-34-32-30-28-25-21-19-17-15-13-11-9-7-5-2/h45H,4-44H2,1-3H3,(H,49,51)/p+1. The van der Waals surface area contributed by atoms with Crippen molar-refractivity contribution in [2.75, 3.05) is 13.1 Å². The number of nitrogens with zero attached hydrogens (tertiary/aromatic N) is 1. The van der Waals surface area contributed by atoms with Crippen LogP contribution in [0, 0.1) is 0 Å². The van der Waals surface area contributed by atoms with Gasteiger partial charge in [0, 0.05) is 12.8 Å². The monoisotopic (exact) mass is 717 g/mol. The number of unbranched alkanes of at least 4 members (excludes halogenated alkanes) is 35. The smallest absolute Gasteiger partial charge is 0.246 e. The van der Waals surface area contributed by atoms with Crippen LogP contribution in [0.2, 0.25) is 0 Å². The third-order valence-electron chi connectivity index (χ3n) is 11.6. The summed E-state index contributed by atoms with van der Waals surface area (Å²) < 4.78 is 2.40. The first-order chi connectivity index (χ1) is 25.2. The molecule has 0 radical (unpaired) electrons. The molecule has 1 unspecified atom stereocenters. The van der Waals surface area contributed by atoms with Crippen LogP contribution in [-0.4, -0.2) is 35.6 Å². The molecule has 1 aliphatic heterocycles. The van der Waals surface area contributed by atoms with E-state index in [0.29, 0.717) is 6.42 Å². The molecule has 51 heavy (non-hydrogen) atoms. The number of nitrogens with one attached hydrogen (secondary N) is 2. The van der Waals surface area contributed by atoms with Crippen LogP contribution in [0.25, 0.3) is 0 Å². The van der Waals surface area contributed by atoms with Crippen molar-refractivity contribution in [2.24, 2.45) is 0 Å². The molecule has 1 heterocycles. The molecule has 0 bridgehead atoms. The number of carbonyl (C=O) groups is 1. The van der Waals surface area contributed by atoms with Crippen molar-refractivity contribution in [3.05, 3.63) is 0 Å². The molecule has 1 aliphatic rings. The van der Waals surface area contributed by atoms with Gasteiger partial charge < -0.3 is 5.32 Å². The average molecular weight is 717 g/mol. The molecule has 0 saturated carbocycles. The molecule has 1 amide bonds. The van der Waals surface area contributed by atoms with E-state index in [2.05, 4.69) is 36.0 Å². The molecule has 4 nitrogen and oxygen atoms in total. The summed E-state index contributed by atoms with van der Waals surface area (Å²) in [5.41, 5.74) is 0. The highest BCUT2D eigenvalue weighted by atomic mass is 16.1. The van der Waals surface area contributed by atoms with Crippen molar-refractivity contribution < 1.29 is 9.37 Å². The van der Waals surface area contributed by atoms with E-state index in [1.165, 1.54) is 237 Å². The predicted molar refractivity (Wildman–Crippen MR) is 227 cm³/mol. The Morgan fingerprint density at radius 3 is 1.12 bits per heavy atom. The quantitative estimate of drug-likeness (QED) is 0.0489. The van der Waals surface area contributed by atoms with Gasteiger partial charge in [0.05, 0.1) is 0 Å². The third kappa shape index (κ3) is 32.1. The maximum absolute atomic E-state index is 12.7. The lowest BCUT2D eigenvalue weighted by molar-refractivity contribution is -0.558. The zero-order valence-corrected chi connectivity index (χ0v) is 35.4. The summed E-state index contributed by atoms with van der Waals surface area (Å²) >= 11 is 0. The fourth-order valence-electron chi connectivity index (χ4n) is 8.16. The first-order valence-electron chi connectivity index (χ1n) is 23.8. The number of amides is 1. The zero-order chi connectivity index (χ0) is 36.7. The van der Waals surface area contributed by atoms with E-state index in [1.54, 1.807) is 0 Å². The largest absolute Gasteiger partial charge is 0.318 e. The SMILES string of the molecule is CCCCCCCCCCCCCCCCCCCCCCC1=[N+](C(C)NC(=O)CCCCCCCCCCCCCCCCCCC)CCN1. The summed E-state index contributed by atoms with van der Waals surface area (Å²) in [6.07, 6.45) is 53.8. The molecule has 0 aromatic rings. The van der Waals surface area contributed by atoms with Crippen LogP contribution < -0.4 is 10.6 Å². The van der Waals surface area contributed by atoms with E-state index in [1.807, 2.05) is 0 Å². The van der Waals surface area contributed by atoms with Gasteiger partial charge in [0.2, 0.25) is 11.7 Å². The van der Waals surface area contributed by atoms with Crippen LogP contribution in [-0.2, 0) is 4.79 Å². The van der Waals surface area contributed by atoms with Crippen LogP contribution in [0.1, 0.15) is 271 Å². The molecular weight excluding hydrogens is 623 g/mol. The van der Waals surface area contributed by atoms with Gasteiger partial charge in [-0.15, -0.1) is 0 Å². The number of carbonyl (C=O) groups excluding carboxylic acids is 1. The van der Waals surface area contributed by atoms with E-state index in [9.17, 15) is 4.79 Å². The van der Waals surface area contributed by atoms with Crippen LogP contribution in [0.3, 0.4) is 0 Å². The Balaban J connectivity index is 1.90. The van der Waals surface area contributed by atoms with Gasteiger partial charge in [-0.3, -0.25) is 10.1 Å². The minimum absolute atomic E-state index is 0.0957. The van der Waals surface area contributed by atoms with E-state index in [4.69, 9.17) is 0 Å². The third-order valence-corrected chi connectivity index (χ3v) is 11.6. The Hall–Kier alpha value is -1.06. The Bertz CT molecular complexity index is 765. The molecule has 0 spiro atoms. The van der Waals surface area contributed by atoms with E-state index in [0.717, 1.165) is 25.9 Å². The van der Waals surface area contributed by atoms with Crippen molar-refractivity contribution in [2.45, 2.75) is 277 Å². The second-order valence-corrected chi connectivity index (χ2v) is 16.7. The maximum atomic E-state index is 12.7. The maximum Gasteiger partial charge on any atom is 0.246 e. The number of hydrogen-bond donors (Lipinski definition) is 2. The highest BCUT2D eigenvalue weighted by molar-refractivity contribution is 5.79. The van der Waals surface area contributed by atoms with Crippen molar-refractivity contribution in [3.63, 3.8) is 0 Å². The molecule has 1 atom stereocenters. The fourth-order valence-corrected chi connectivity index (χ4v) is 8.16. The molecule has 302 valence electrons. The van der Waals surface area contributed by atoms with Crippen LogP contribution in [0.4, 0.5) is 0 Å². The van der Waals surface area contributed by atoms with Gasteiger partial charge in [0.1, 0.15) is 13.1 Å². The van der Waals surface area contributed by atoms with Gasteiger partial charge in [-0.2, -0.15) is 0 Å². The normalized spacial score (nSPS) is 13.6. The highest BCUT2D eigenvalue weighted by Gasteiger charge is 2.25. The van der Waals surface area contributed by atoms with Gasteiger partial charge in [-0.25, -0.2) is 4.58 Å². The summed E-state index contributed by atoms with van der Waals surface area (Å²) in [5.74, 6) is 1.58. The highest BCUT2D eigenvalue weighted by Crippen LogP contribution is 2.17. The topological polar surface area (TPSA) is 44.1 Å². The number of hydrogen-bond acceptors (Lipinski definition) is 2. The Morgan fingerprint density at radius 2 is 0.784 bits per heavy atom. The molecule has 0 aromatic heterocycles. The zero-order valence-electron chi connectivity index (χ0n) is 35.4. The summed E-state index contributed by atoms with van der Waals surface area (Å²) in [6.45, 7) is 8.78. The molecule has 0 aromatic carbocycles. The molecule has 0 fully saturated rings. The first kappa shape index (κ1) is 48.0. The van der Waals surface area contributed by atoms with Crippen molar-refractivity contribution in [3.8, 4) is 0 Å². The predicted octanol–water partition coefficient (Wildman–Crippen LogP) is 14.7. The van der Waals surface area contributed by atoms with E-state index < -0.39 is 0 Å². The van der Waals surface area contributed by atoms with Crippen LogP contribution >= 0.6 is 0 Å². The minimum Gasteiger partial charge on any atom is -0.318 e. The Morgan fingerprint density at radius 1 is 0.490 bits per heavy atom. The van der Waals surface area contributed by atoms with Gasteiger partial charge in [-0.05, 0) is 19.8 Å². The molecule has 0 aliphatic carbocycles. The number of rotatable bonds is 41. The molecule has 4 heteroatoms. The van der Waals surface area contributed by atoms with E-state index >= 15 is 0 Å². The van der Waals surface area contributed by atoms with Gasteiger partial charge in [-0.1, -0.05) is 239 Å². The Kier molecular flexibility index (Phi) is 36.4. The first-order valence-corrected chi connectivity index (χ1v) is 23.8.